The molecule has 2 atom stereocenters. The van der Waals surface area contributed by atoms with Crippen molar-refractivity contribution in [1.82, 2.24) is 15.2 Å². The molecular weight excluding hydrogens is 354 g/mol. The molecule has 1 aromatic carbocycles. The predicted octanol–water partition coefficient (Wildman–Crippen LogP) is 1.85. The first-order valence-corrected chi connectivity index (χ1v) is 9.43. The SMILES string of the molecule is C#CCOc1ccc(C(=O)NC2CN(Cc3ccccn3)CCCC2O)cc1. The Kier molecular flexibility index (Phi) is 7.01. The summed E-state index contributed by atoms with van der Waals surface area (Å²) >= 11 is 0. The third-order valence-corrected chi connectivity index (χ3v) is 4.76. The van der Waals surface area contributed by atoms with Gasteiger partial charge in [-0.05, 0) is 55.8 Å². The van der Waals surface area contributed by atoms with Gasteiger partial charge in [-0.25, -0.2) is 0 Å². The lowest BCUT2D eigenvalue weighted by molar-refractivity contribution is 0.0797. The van der Waals surface area contributed by atoms with Crippen molar-refractivity contribution in [2.75, 3.05) is 19.7 Å². The van der Waals surface area contributed by atoms with E-state index in [4.69, 9.17) is 11.2 Å². The second-order valence-corrected chi connectivity index (χ2v) is 6.86. The molecule has 2 unspecified atom stereocenters. The third kappa shape index (κ3) is 5.56. The average Bonchev–Trinajstić information content (AvgIpc) is 2.88. The highest BCUT2D eigenvalue weighted by Gasteiger charge is 2.27. The number of carbonyl (C=O) groups excluding carboxylic acids is 1. The number of nitrogens with zero attached hydrogens (tertiary/aromatic N) is 2. The molecular formula is C22H25N3O3. The molecule has 2 aromatic rings. The van der Waals surface area contributed by atoms with Crippen molar-refractivity contribution in [1.29, 1.82) is 0 Å². The maximum absolute atomic E-state index is 12.6. The number of terminal acetylenes is 1. The Morgan fingerprint density at radius 3 is 2.86 bits per heavy atom. The predicted molar refractivity (Wildman–Crippen MR) is 107 cm³/mol. The van der Waals surface area contributed by atoms with E-state index in [9.17, 15) is 9.90 Å². The second kappa shape index (κ2) is 9.88. The van der Waals surface area contributed by atoms with Gasteiger partial charge in [-0.3, -0.25) is 14.7 Å². The number of hydrogen-bond acceptors (Lipinski definition) is 5. The fourth-order valence-corrected chi connectivity index (χ4v) is 3.30. The summed E-state index contributed by atoms with van der Waals surface area (Å²) in [6.07, 6.45) is 7.91. The molecule has 0 aliphatic carbocycles. The first-order valence-electron chi connectivity index (χ1n) is 9.43. The van der Waals surface area contributed by atoms with Gasteiger partial charge < -0.3 is 15.2 Å². The number of amides is 1. The number of ether oxygens (including phenoxy) is 1. The van der Waals surface area contributed by atoms with E-state index in [0.717, 1.165) is 18.7 Å². The van der Waals surface area contributed by atoms with Crippen LogP contribution in [0.25, 0.3) is 0 Å². The zero-order valence-corrected chi connectivity index (χ0v) is 15.8. The molecule has 0 bridgehead atoms. The number of rotatable bonds is 6. The van der Waals surface area contributed by atoms with Crippen molar-refractivity contribution < 1.29 is 14.6 Å². The molecule has 0 spiro atoms. The monoisotopic (exact) mass is 379 g/mol. The molecule has 146 valence electrons. The van der Waals surface area contributed by atoms with Gasteiger partial charge >= 0.3 is 0 Å². The largest absolute Gasteiger partial charge is 0.481 e. The van der Waals surface area contributed by atoms with Crippen molar-refractivity contribution in [2.24, 2.45) is 0 Å². The van der Waals surface area contributed by atoms with E-state index in [2.05, 4.69) is 21.1 Å². The number of nitrogens with one attached hydrogen (secondary N) is 1. The van der Waals surface area contributed by atoms with Crippen LogP contribution in [0.2, 0.25) is 0 Å². The molecule has 1 aromatic heterocycles. The summed E-state index contributed by atoms with van der Waals surface area (Å²) in [6, 6.07) is 12.3. The van der Waals surface area contributed by atoms with Gasteiger partial charge in [-0.2, -0.15) is 0 Å². The lowest BCUT2D eigenvalue weighted by Crippen LogP contribution is -2.48. The first kappa shape index (κ1) is 19.9. The maximum Gasteiger partial charge on any atom is 0.251 e. The lowest BCUT2D eigenvalue weighted by atomic mass is 10.1. The molecule has 6 nitrogen and oxygen atoms in total. The van der Waals surface area contributed by atoms with Crippen LogP contribution in [0, 0.1) is 12.3 Å². The van der Waals surface area contributed by atoms with Crippen molar-refractivity contribution in [3.8, 4) is 18.1 Å². The van der Waals surface area contributed by atoms with Crippen LogP contribution in [-0.4, -0.2) is 52.7 Å². The molecule has 2 N–H and O–H groups in total. The zero-order chi connectivity index (χ0) is 19.8. The first-order chi connectivity index (χ1) is 13.7. The van der Waals surface area contributed by atoms with Crippen molar-refractivity contribution in [3.05, 3.63) is 59.9 Å². The minimum Gasteiger partial charge on any atom is -0.481 e. The minimum absolute atomic E-state index is 0.186. The number of pyridine rings is 1. The van der Waals surface area contributed by atoms with Gasteiger partial charge in [0, 0.05) is 24.8 Å². The van der Waals surface area contributed by atoms with E-state index in [1.807, 2.05) is 18.2 Å². The third-order valence-electron chi connectivity index (χ3n) is 4.76. The summed E-state index contributed by atoms with van der Waals surface area (Å²) in [4.78, 5) is 19.2. The molecule has 0 radical (unpaired) electrons. The number of likely N-dealkylation sites (tertiary alicyclic amines) is 1. The highest BCUT2D eigenvalue weighted by molar-refractivity contribution is 5.94. The Hall–Kier alpha value is -2.88. The fraction of sp³-hybridized carbons (Fsp3) is 0.364. The minimum atomic E-state index is -0.573. The van der Waals surface area contributed by atoms with Crippen LogP contribution < -0.4 is 10.1 Å². The zero-order valence-electron chi connectivity index (χ0n) is 15.8. The average molecular weight is 379 g/mol. The van der Waals surface area contributed by atoms with Crippen LogP contribution in [0.15, 0.2) is 48.7 Å². The molecule has 1 saturated heterocycles. The summed E-state index contributed by atoms with van der Waals surface area (Å²) in [5.41, 5.74) is 1.49. The number of carbonyl (C=O) groups is 1. The van der Waals surface area contributed by atoms with Crippen LogP contribution in [-0.2, 0) is 6.54 Å². The Labute approximate surface area is 165 Å². The molecule has 28 heavy (non-hydrogen) atoms. The second-order valence-electron chi connectivity index (χ2n) is 6.86. The summed E-state index contributed by atoms with van der Waals surface area (Å²) in [5, 5.41) is 13.5. The number of aromatic nitrogens is 1. The summed E-state index contributed by atoms with van der Waals surface area (Å²) in [5.74, 6) is 2.80. The van der Waals surface area contributed by atoms with Crippen molar-refractivity contribution >= 4 is 5.91 Å². The number of aliphatic hydroxyl groups is 1. The van der Waals surface area contributed by atoms with Crippen LogP contribution >= 0.6 is 0 Å². The highest BCUT2D eigenvalue weighted by Crippen LogP contribution is 2.16. The summed E-state index contributed by atoms with van der Waals surface area (Å²) in [6.45, 7) is 2.32. The van der Waals surface area contributed by atoms with Crippen molar-refractivity contribution in [2.45, 2.75) is 31.5 Å². The molecule has 1 aliphatic heterocycles. The van der Waals surface area contributed by atoms with Gasteiger partial charge in [0.05, 0.1) is 17.8 Å². The standard InChI is InChI=1S/C22H25N3O3/c1-2-14-28-19-10-8-17(9-11-19)22(27)24-20-16-25(13-5-7-21(20)26)15-18-6-3-4-12-23-18/h1,3-4,6,8-12,20-21,26H,5,7,13-16H2,(H,24,27). The number of hydrogen-bond donors (Lipinski definition) is 2. The van der Waals surface area contributed by atoms with Gasteiger partial charge in [0.2, 0.25) is 0 Å². The summed E-state index contributed by atoms with van der Waals surface area (Å²) in [7, 11) is 0. The van der Waals surface area contributed by atoms with Gasteiger partial charge in [-0.1, -0.05) is 12.0 Å². The highest BCUT2D eigenvalue weighted by atomic mass is 16.5. The quantitative estimate of drug-likeness (QED) is 0.750. The van der Waals surface area contributed by atoms with E-state index < -0.39 is 6.10 Å². The maximum atomic E-state index is 12.6. The topological polar surface area (TPSA) is 74.7 Å². The van der Waals surface area contributed by atoms with Gasteiger partial charge in [0.15, 0.2) is 0 Å². The molecule has 1 fully saturated rings. The molecule has 1 amide bonds. The fourth-order valence-electron chi connectivity index (χ4n) is 3.30. The van der Waals surface area contributed by atoms with E-state index in [-0.39, 0.29) is 18.6 Å². The van der Waals surface area contributed by atoms with Crippen molar-refractivity contribution in [3.63, 3.8) is 0 Å². The van der Waals surface area contributed by atoms with Crippen LogP contribution in [0.1, 0.15) is 28.9 Å². The summed E-state index contributed by atoms with van der Waals surface area (Å²) < 4.78 is 5.32. The number of aliphatic hydroxyl groups excluding tert-OH is 1. The van der Waals surface area contributed by atoms with Crippen LogP contribution in [0.4, 0.5) is 0 Å². The van der Waals surface area contributed by atoms with E-state index >= 15 is 0 Å². The molecule has 1 aliphatic rings. The van der Waals surface area contributed by atoms with Gasteiger partial charge in [-0.15, -0.1) is 6.42 Å². The van der Waals surface area contributed by atoms with E-state index in [1.54, 1.807) is 30.5 Å². The van der Waals surface area contributed by atoms with Crippen LogP contribution in [0.3, 0.4) is 0 Å². The number of benzene rings is 1. The molecule has 0 saturated carbocycles. The Balaban J connectivity index is 1.61. The molecule has 6 heteroatoms. The smallest absolute Gasteiger partial charge is 0.251 e. The van der Waals surface area contributed by atoms with Gasteiger partial charge in [0.1, 0.15) is 12.4 Å². The Morgan fingerprint density at radius 2 is 2.14 bits per heavy atom. The van der Waals surface area contributed by atoms with Gasteiger partial charge in [0.25, 0.3) is 5.91 Å². The van der Waals surface area contributed by atoms with E-state index in [1.165, 1.54) is 0 Å². The molecule has 2 heterocycles. The molecule has 3 rings (SSSR count). The Morgan fingerprint density at radius 1 is 1.32 bits per heavy atom. The van der Waals surface area contributed by atoms with Crippen LogP contribution in [0.5, 0.6) is 5.75 Å². The lowest BCUT2D eigenvalue weighted by Gasteiger charge is -2.27. The Bertz CT molecular complexity index is 802. The normalized spacial score (nSPS) is 20.0. The van der Waals surface area contributed by atoms with E-state index in [0.29, 0.717) is 30.8 Å².